The molecule has 4 aromatic rings. The molecule has 0 radical (unpaired) electrons. The largest absolute Gasteiger partial charge is 0.455 e. The van der Waals surface area contributed by atoms with Crippen molar-refractivity contribution in [2.24, 2.45) is 0 Å². The molecule has 1 heterocycles. The molecule has 0 aliphatic heterocycles. The second-order valence-corrected chi connectivity index (χ2v) is 8.83. The van der Waals surface area contributed by atoms with Crippen molar-refractivity contribution in [3.8, 4) is 22.5 Å². The van der Waals surface area contributed by atoms with Crippen LogP contribution in [0.25, 0.3) is 33.4 Å². The molecule has 0 saturated heterocycles. The summed E-state index contributed by atoms with van der Waals surface area (Å²) in [5, 5.41) is 5.90. The number of fused-ring (bicyclic) bond motifs is 1. The first-order valence-corrected chi connectivity index (χ1v) is 12.0. The highest BCUT2D eigenvalue weighted by molar-refractivity contribution is 6.12. The minimum atomic E-state index is -0.628. The number of benzene rings is 3. The van der Waals surface area contributed by atoms with Crippen LogP contribution in [0.2, 0.25) is 0 Å². The van der Waals surface area contributed by atoms with Crippen molar-refractivity contribution in [2.45, 2.75) is 26.2 Å². The predicted molar refractivity (Wildman–Crippen MR) is 138 cm³/mol. The number of hydrogen-bond acceptors (Lipinski definition) is 3. The van der Waals surface area contributed by atoms with Crippen LogP contribution in [0, 0.1) is 11.6 Å². The second-order valence-electron chi connectivity index (χ2n) is 8.83. The molecule has 3 aromatic carbocycles. The summed E-state index contributed by atoms with van der Waals surface area (Å²) in [6.45, 7) is 2.04. The van der Waals surface area contributed by atoms with Crippen molar-refractivity contribution >= 4 is 22.8 Å². The Labute approximate surface area is 212 Å². The lowest BCUT2D eigenvalue weighted by Gasteiger charge is -2.13. The molecule has 1 aliphatic rings. The fourth-order valence-corrected chi connectivity index (χ4v) is 4.45. The van der Waals surface area contributed by atoms with E-state index in [-0.39, 0.29) is 11.5 Å². The second kappa shape index (κ2) is 9.88. The van der Waals surface area contributed by atoms with Crippen molar-refractivity contribution in [3.63, 3.8) is 0 Å². The zero-order chi connectivity index (χ0) is 26.1. The maximum Gasteiger partial charge on any atom is 0.258 e. The van der Waals surface area contributed by atoms with E-state index < -0.39 is 17.5 Å². The number of hydrogen-bond donors (Lipinski definition) is 2. The Morgan fingerprint density at radius 2 is 1.73 bits per heavy atom. The Kier molecular flexibility index (Phi) is 6.47. The summed E-state index contributed by atoms with van der Waals surface area (Å²) in [6.07, 6.45) is 3.90. The number of halogens is 2. The SMILES string of the molecule is CCCc1cc2oc(-c3ccc(F)cc3)c(C(=O)NC)c2cc1-c1ccc(F)c(C(=O)NC2=C=CC2)c1. The fourth-order valence-electron chi connectivity index (χ4n) is 4.45. The summed E-state index contributed by atoms with van der Waals surface area (Å²) >= 11 is 0. The van der Waals surface area contributed by atoms with Gasteiger partial charge in [-0.1, -0.05) is 19.4 Å². The normalized spacial score (nSPS) is 12.3. The van der Waals surface area contributed by atoms with Gasteiger partial charge in [-0.3, -0.25) is 9.59 Å². The number of amides is 2. The van der Waals surface area contributed by atoms with Gasteiger partial charge in [0, 0.05) is 24.4 Å². The Hall–Kier alpha value is -4.48. The van der Waals surface area contributed by atoms with Crippen molar-refractivity contribution < 1.29 is 22.8 Å². The van der Waals surface area contributed by atoms with Gasteiger partial charge in [-0.25, -0.2) is 8.78 Å². The Balaban J connectivity index is 1.69. The zero-order valence-corrected chi connectivity index (χ0v) is 20.4. The van der Waals surface area contributed by atoms with Gasteiger partial charge in [-0.15, -0.1) is 5.73 Å². The van der Waals surface area contributed by atoms with E-state index in [0.29, 0.717) is 52.0 Å². The van der Waals surface area contributed by atoms with Crippen LogP contribution in [0.3, 0.4) is 0 Å². The van der Waals surface area contributed by atoms with Gasteiger partial charge in [0.05, 0.1) is 16.8 Å². The van der Waals surface area contributed by atoms with Crippen molar-refractivity contribution in [3.05, 3.63) is 100 Å². The quantitative estimate of drug-likeness (QED) is 0.285. The predicted octanol–water partition coefficient (Wildman–Crippen LogP) is 6.53. The molecule has 0 fully saturated rings. The minimum absolute atomic E-state index is 0.0769. The Morgan fingerprint density at radius 1 is 1.00 bits per heavy atom. The Morgan fingerprint density at radius 3 is 2.38 bits per heavy atom. The molecule has 5 nitrogen and oxygen atoms in total. The van der Waals surface area contributed by atoms with E-state index in [1.54, 1.807) is 24.3 Å². The summed E-state index contributed by atoms with van der Waals surface area (Å²) in [7, 11) is 1.53. The van der Waals surface area contributed by atoms with Gasteiger partial charge in [0.15, 0.2) is 0 Å². The van der Waals surface area contributed by atoms with Gasteiger partial charge < -0.3 is 15.1 Å². The van der Waals surface area contributed by atoms with E-state index in [4.69, 9.17) is 4.42 Å². The highest BCUT2D eigenvalue weighted by Gasteiger charge is 2.24. The molecule has 1 aliphatic carbocycles. The number of furan rings is 1. The van der Waals surface area contributed by atoms with Crippen LogP contribution >= 0.6 is 0 Å². The minimum Gasteiger partial charge on any atom is -0.455 e. The number of aryl methyl sites for hydroxylation is 1. The molecule has 0 saturated carbocycles. The molecule has 2 amide bonds. The summed E-state index contributed by atoms with van der Waals surface area (Å²) in [5.41, 5.74) is 7.13. The maximum absolute atomic E-state index is 14.7. The van der Waals surface area contributed by atoms with Crippen LogP contribution < -0.4 is 10.6 Å². The smallest absolute Gasteiger partial charge is 0.258 e. The lowest BCUT2D eigenvalue weighted by Crippen LogP contribution is -2.24. The number of rotatable bonds is 7. The van der Waals surface area contributed by atoms with Crippen LogP contribution in [0.15, 0.2) is 76.5 Å². The monoisotopic (exact) mass is 498 g/mol. The average Bonchev–Trinajstić information content (AvgIpc) is 3.24. The van der Waals surface area contributed by atoms with Gasteiger partial charge in [0.25, 0.3) is 11.8 Å². The highest BCUT2D eigenvalue weighted by atomic mass is 19.1. The van der Waals surface area contributed by atoms with Crippen molar-refractivity contribution in [2.75, 3.05) is 7.05 Å². The van der Waals surface area contributed by atoms with Crippen molar-refractivity contribution in [1.82, 2.24) is 10.6 Å². The van der Waals surface area contributed by atoms with E-state index in [1.165, 1.54) is 31.3 Å². The van der Waals surface area contributed by atoms with E-state index >= 15 is 0 Å². The molecule has 1 aromatic heterocycles. The summed E-state index contributed by atoms with van der Waals surface area (Å²) in [4.78, 5) is 25.7. The average molecular weight is 499 g/mol. The molecule has 5 rings (SSSR count). The first kappa shape index (κ1) is 24.2. The number of carbonyl (C=O) groups is 2. The summed E-state index contributed by atoms with van der Waals surface area (Å²) < 4.78 is 34.4. The van der Waals surface area contributed by atoms with E-state index in [1.807, 2.05) is 19.1 Å². The molecular weight excluding hydrogens is 474 g/mol. The third-order valence-electron chi connectivity index (χ3n) is 6.36. The standard InChI is InChI=1S/C30H24F2N2O3/c1-3-5-18-15-26-24(27(30(36)33-2)28(37-26)17-8-11-20(31)12-9-17)16-22(18)19-10-13-25(32)23(14-19)29(35)34-21-6-4-7-21/h4,8-16H,3,5-6H2,1-2H3,(H,33,36)(H,34,35). The summed E-state index contributed by atoms with van der Waals surface area (Å²) in [6, 6.07) is 13.9. The third kappa shape index (κ3) is 4.57. The van der Waals surface area contributed by atoms with Crippen LogP contribution in [-0.4, -0.2) is 18.9 Å². The topological polar surface area (TPSA) is 71.3 Å². The number of carbonyl (C=O) groups excluding carboxylic acids is 2. The first-order valence-electron chi connectivity index (χ1n) is 12.0. The van der Waals surface area contributed by atoms with Gasteiger partial charge >= 0.3 is 0 Å². The lowest BCUT2D eigenvalue weighted by molar-refractivity contribution is 0.0954. The molecule has 0 bridgehead atoms. The highest BCUT2D eigenvalue weighted by Crippen LogP contribution is 2.38. The molecule has 0 unspecified atom stereocenters. The van der Waals surface area contributed by atoms with Gasteiger partial charge in [0.2, 0.25) is 0 Å². The van der Waals surface area contributed by atoms with E-state index in [0.717, 1.165) is 17.5 Å². The maximum atomic E-state index is 14.7. The molecule has 7 heteroatoms. The summed E-state index contributed by atoms with van der Waals surface area (Å²) in [5.74, 6) is -1.59. The first-order chi connectivity index (χ1) is 17.9. The zero-order valence-electron chi connectivity index (χ0n) is 20.4. The molecular formula is C30H24F2N2O3. The molecule has 186 valence electrons. The molecule has 2 N–H and O–H groups in total. The van der Waals surface area contributed by atoms with E-state index in [2.05, 4.69) is 16.4 Å². The third-order valence-corrected chi connectivity index (χ3v) is 6.36. The van der Waals surface area contributed by atoms with E-state index in [9.17, 15) is 18.4 Å². The van der Waals surface area contributed by atoms with Crippen LogP contribution in [0.4, 0.5) is 8.78 Å². The lowest BCUT2D eigenvalue weighted by atomic mass is 9.92. The fraction of sp³-hybridized carbons (Fsp3) is 0.167. The Bertz CT molecular complexity index is 1610. The van der Waals surface area contributed by atoms with Gasteiger partial charge in [-0.2, -0.15) is 0 Å². The van der Waals surface area contributed by atoms with Crippen LogP contribution in [0.5, 0.6) is 0 Å². The molecule has 37 heavy (non-hydrogen) atoms. The number of nitrogens with one attached hydrogen (secondary N) is 2. The molecule has 0 spiro atoms. The van der Waals surface area contributed by atoms with Crippen molar-refractivity contribution in [1.29, 1.82) is 0 Å². The van der Waals surface area contributed by atoms with Gasteiger partial charge in [0.1, 0.15) is 23.0 Å². The van der Waals surface area contributed by atoms with Crippen LogP contribution in [0.1, 0.15) is 46.0 Å². The van der Waals surface area contributed by atoms with Gasteiger partial charge in [-0.05, 0) is 77.7 Å². The van der Waals surface area contributed by atoms with Crippen LogP contribution in [-0.2, 0) is 6.42 Å². The molecule has 0 atom stereocenters.